The predicted octanol–water partition coefficient (Wildman–Crippen LogP) is -0.0738. The number of ether oxygens (including phenoxy) is 1. The Morgan fingerprint density at radius 3 is 2.62 bits per heavy atom. The molecule has 0 atom stereocenters. The number of amides is 1. The van der Waals surface area contributed by atoms with Crippen molar-refractivity contribution in [3.8, 4) is 0 Å². The van der Waals surface area contributed by atoms with E-state index in [1.54, 1.807) is 12.1 Å². The molecule has 0 aliphatic carbocycles. The lowest BCUT2D eigenvalue weighted by Gasteiger charge is -2.26. The molecule has 7 nitrogen and oxygen atoms in total. The summed E-state index contributed by atoms with van der Waals surface area (Å²) in [6, 6.07) is 5.16. The lowest BCUT2D eigenvalue weighted by molar-refractivity contribution is -0.672. The van der Waals surface area contributed by atoms with E-state index in [9.17, 15) is 13.2 Å². The lowest BCUT2D eigenvalue weighted by atomic mass is 10.2. The van der Waals surface area contributed by atoms with Gasteiger partial charge in [-0.15, -0.1) is 0 Å². The zero-order valence-corrected chi connectivity index (χ0v) is 15.2. The van der Waals surface area contributed by atoms with Gasteiger partial charge in [0.1, 0.15) is 0 Å². The third kappa shape index (κ3) is 4.76. The molecule has 134 valence electrons. The van der Waals surface area contributed by atoms with Crippen LogP contribution in [0.3, 0.4) is 0 Å². The summed E-state index contributed by atoms with van der Waals surface area (Å²) in [4.78, 5) is 12.2. The van der Waals surface area contributed by atoms with Gasteiger partial charge in [0.15, 0.2) is 6.54 Å². The van der Waals surface area contributed by atoms with Gasteiger partial charge < -0.3 is 15.4 Å². The van der Waals surface area contributed by atoms with Gasteiger partial charge in [-0.2, -0.15) is 4.31 Å². The van der Waals surface area contributed by atoms with Crippen LogP contribution >= 0.6 is 0 Å². The Kier molecular flexibility index (Phi) is 6.34. The molecule has 2 rings (SSSR count). The van der Waals surface area contributed by atoms with Gasteiger partial charge in [-0.1, -0.05) is 6.07 Å². The number of aryl methyl sites for hydroxylation is 1. The topological polar surface area (TPSA) is 92.3 Å². The van der Waals surface area contributed by atoms with Crippen LogP contribution in [0.2, 0.25) is 0 Å². The number of hydrogen-bond acceptors (Lipinski definition) is 4. The Morgan fingerprint density at radius 1 is 1.33 bits per heavy atom. The van der Waals surface area contributed by atoms with Crippen LogP contribution in [0.4, 0.5) is 5.69 Å². The molecule has 1 fully saturated rings. The second-order valence-electron chi connectivity index (χ2n) is 6.23. The summed E-state index contributed by atoms with van der Waals surface area (Å²) in [6.07, 6.45) is 0. The molecule has 1 aromatic rings. The minimum atomic E-state index is -3.57. The first-order valence-corrected chi connectivity index (χ1v) is 9.56. The summed E-state index contributed by atoms with van der Waals surface area (Å²) >= 11 is 0. The summed E-state index contributed by atoms with van der Waals surface area (Å²) in [6.45, 7) is 7.66. The minimum Gasteiger partial charge on any atom is -0.379 e. The fourth-order valence-electron chi connectivity index (χ4n) is 2.38. The van der Waals surface area contributed by atoms with Crippen molar-refractivity contribution in [2.45, 2.75) is 31.7 Å². The molecule has 1 saturated heterocycles. The Labute approximate surface area is 143 Å². The van der Waals surface area contributed by atoms with Crippen molar-refractivity contribution >= 4 is 21.6 Å². The van der Waals surface area contributed by atoms with Crippen molar-refractivity contribution in [1.82, 2.24) is 4.31 Å². The number of hydrogen-bond donors (Lipinski definition) is 2. The number of morpholine rings is 1. The molecule has 1 aliphatic heterocycles. The van der Waals surface area contributed by atoms with Crippen LogP contribution in [-0.4, -0.2) is 57.5 Å². The smallest absolute Gasteiger partial charge is 0.279 e. The second kappa shape index (κ2) is 8.06. The van der Waals surface area contributed by atoms with Crippen LogP contribution in [0.15, 0.2) is 23.1 Å². The first-order valence-electron chi connectivity index (χ1n) is 8.12. The maximum absolute atomic E-state index is 12.7. The van der Waals surface area contributed by atoms with Crippen LogP contribution in [0.1, 0.15) is 19.4 Å². The molecule has 8 heteroatoms. The highest BCUT2D eigenvalue weighted by atomic mass is 32.2. The van der Waals surface area contributed by atoms with Crippen molar-refractivity contribution in [3.05, 3.63) is 23.8 Å². The van der Waals surface area contributed by atoms with E-state index in [1.165, 1.54) is 10.4 Å². The number of nitrogens with one attached hydrogen (secondary N) is 1. The van der Waals surface area contributed by atoms with E-state index in [1.807, 2.05) is 26.1 Å². The van der Waals surface area contributed by atoms with E-state index in [0.717, 1.165) is 5.56 Å². The van der Waals surface area contributed by atoms with Crippen LogP contribution in [0.25, 0.3) is 0 Å². The number of carbonyl (C=O) groups is 1. The zero-order valence-electron chi connectivity index (χ0n) is 14.4. The molecular weight excluding hydrogens is 330 g/mol. The van der Waals surface area contributed by atoms with Gasteiger partial charge in [0.25, 0.3) is 5.91 Å². The SMILES string of the molecule is Cc1ccc(S(=O)(=O)N2CCOCC2)cc1NC(=O)C[NH2+]C(C)C. The number of carbonyl (C=O) groups excluding carboxylic acids is 1. The third-order valence-electron chi connectivity index (χ3n) is 3.87. The third-order valence-corrected chi connectivity index (χ3v) is 5.76. The molecule has 0 saturated carbocycles. The van der Waals surface area contributed by atoms with Crippen LogP contribution in [-0.2, 0) is 19.6 Å². The van der Waals surface area contributed by atoms with E-state index >= 15 is 0 Å². The number of sulfonamides is 1. The van der Waals surface area contributed by atoms with E-state index in [0.29, 0.717) is 44.6 Å². The number of anilines is 1. The van der Waals surface area contributed by atoms with Crippen LogP contribution < -0.4 is 10.6 Å². The number of nitrogens with zero attached hydrogens (tertiary/aromatic N) is 1. The normalized spacial score (nSPS) is 16.3. The Balaban J connectivity index is 2.17. The molecule has 1 heterocycles. The van der Waals surface area contributed by atoms with E-state index in [2.05, 4.69) is 5.32 Å². The Bertz CT molecular complexity index is 683. The first-order chi connectivity index (χ1) is 11.3. The molecular formula is C16H26N3O4S+. The molecule has 0 aromatic heterocycles. The van der Waals surface area contributed by atoms with Gasteiger partial charge in [0, 0.05) is 18.8 Å². The standard InChI is InChI=1S/C16H25N3O4S/c1-12(2)17-11-16(20)18-15-10-14(5-4-13(15)3)24(21,22)19-6-8-23-9-7-19/h4-5,10,12,17H,6-9,11H2,1-3H3,(H,18,20)/p+1. The molecule has 0 radical (unpaired) electrons. The average molecular weight is 356 g/mol. The number of quaternary nitrogens is 1. The number of rotatable bonds is 6. The molecule has 1 aromatic carbocycles. The van der Waals surface area contributed by atoms with Gasteiger partial charge in [0.05, 0.1) is 24.2 Å². The maximum atomic E-state index is 12.7. The zero-order chi connectivity index (χ0) is 17.7. The lowest BCUT2D eigenvalue weighted by Crippen LogP contribution is -2.90. The summed E-state index contributed by atoms with van der Waals surface area (Å²) in [5.41, 5.74) is 1.36. The quantitative estimate of drug-likeness (QED) is 0.746. The number of benzene rings is 1. The van der Waals surface area contributed by atoms with Gasteiger partial charge >= 0.3 is 0 Å². The van der Waals surface area contributed by atoms with Gasteiger partial charge in [-0.25, -0.2) is 8.42 Å². The van der Waals surface area contributed by atoms with E-state index < -0.39 is 10.0 Å². The Hall–Kier alpha value is -1.48. The molecule has 0 spiro atoms. The van der Waals surface area contributed by atoms with Crippen molar-refractivity contribution in [3.63, 3.8) is 0 Å². The van der Waals surface area contributed by atoms with Crippen molar-refractivity contribution in [2.24, 2.45) is 0 Å². The molecule has 1 aliphatic rings. The average Bonchev–Trinajstić information content (AvgIpc) is 2.55. The van der Waals surface area contributed by atoms with Crippen LogP contribution in [0.5, 0.6) is 0 Å². The first kappa shape index (κ1) is 18.9. The summed E-state index contributed by atoms with van der Waals surface area (Å²) in [5.74, 6) is -0.146. The van der Waals surface area contributed by atoms with E-state index in [4.69, 9.17) is 4.74 Å². The van der Waals surface area contributed by atoms with Crippen LogP contribution in [0, 0.1) is 6.92 Å². The van der Waals surface area contributed by atoms with Crippen molar-refractivity contribution in [1.29, 1.82) is 0 Å². The molecule has 24 heavy (non-hydrogen) atoms. The summed E-state index contributed by atoms with van der Waals surface area (Å²) in [5, 5.41) is 4.72. The number of nitrogens with two attached hydrogens (primary N) is 1. The second-order valence-corrected chi connectivity index (χ2v) is 8.16. The fourth-order valence-corrected chi connectivity index (χ4v) is 3.81. The fraction of sp³-hybridized carbons (Fsp3) is 0.562. The van der Waals surface area contributed by atoms with E-state index in [-0.39, 0.29) is 10.8 Å². The molecule has 3 N–H and O–H groups in total. The highest BCUT2D eigenvalue weighted by Gasteiger charge is 2.26. The minimum absolute atomic E-state index is 0.146. The largest absolute Gasteiger partial charge is 0.379 e. The highest BCUT2D eigenvalue weighted by Crippen LogP contribution is 2.23. The van der Waals surface area contributed by atoms with Gasteiger partial charge in [-0.3, -0.25) is 4.79 Å². The monoisotopic (exact) mass is 356 g/mol. The Morgan fingerprint density at radius 2 is 2.00 bits per heavy atom. The maximum Gasteiger partial charge on any atom is 0.279 e. The molecule has 1 amide bonds. The predicted molar refractivity (Wildman–Crippen MR) is 91.3 cm³/mol. The van der Waals surface area contributed by atoms with Crippen molar-refractivity contribution in [2.75, 3.05) is 38.2 Å². The van der Waals surface area contributed by atoms with Crippen molar-refractivity contribution < 1.29 is 23.3 Å². The van der Waals surface area contributed by atoms with Gasteiger partial charge in [-0.05, 0) is 38.5 Å². The molecule has 0 unspecified atom stereocenters. The summed E-state index contributed by atoms with van der Waals surface area (Å²) < 4.78 is 32.0. The highest BCUT2D eigenvalue weighted by molar-refractivity contribution is 7.89. The summed E-state index contributed by atoms with van der Waals surface area (Å²) in [7, 11) is -3.57. The molecule has 0 bridgehead atoms. The van der Waals surface area contributed by atoms with Gasteiger partial charge in [0.2, 0.25) is 10.0 Å².